The minimum Gasteiger partial charge on any atom is -0.490 e. The number of hydrogen-bond donors (Lipinski definition) is 0. The smallest absolute Gasteiger partial charge is 0.165 e. The largest absolute Gasteiger partial charge is 0.490 e. The highest BCUT2D eigenvalue weighted by molar-refractivity contribution is 5.90. The molecule has 0 aliphatic carbocycles. The molecule has 0 aliphatic rings. The van der Waals surface area contributed by atoms with Gasteiger partial charge in [0.25, 0.3) is 0 Å². The van der Waals surface area contributed by atoms with Gasteiger partial charge in [0.1, 0.15) is 6.61 Å². The average molecular weight is 424 g/mol. The van der Waals surface area contributed by atoms with Gasteiger partial charge in [0.2, 0.25) is 0 Å². The van der Waals surface area contributed by atoms with Crippen molar-refractivity contribution in [3.8, 4) is 17.6 Å². The third-order valence-corrected chi connectivity index (χ3v) is 5.12. The standard InChI is InChI=1S/C29H29NO2/c1-5-7-26-16-24(17-27(19-30)25-14-10-22(4)11-15-25)18-28(31-6-2)29(26)32-20-23-12-8-21(3)9-13-23/h5,8-18H,1,6-7,20H2,2-4H3/b27-17-. The predicted octanol–water partition coefficient (Wildman–Crippen LogP) is 7.07. The summed E-state index contributed by atoms with van der Waals surface area (Å²) in [5.74, 6) is 1.39. The van der Waals surface area contributed by atoms with Crippen molar-refractivity contribution in [2.45, 2.75) is 33.8 Å². The van der Waals surface area contributed by atoms with E-state index in [0.717, 1.165) is 33.6 Å². The van der Waals surface area contributed by atoms with Gasteiger partial charge in [-0.15, -0.1) is 6.58 Å². The van der Waals surface area contributed by atoms with Gasteiger partial charge in [-0.1, -0.05) is 65.7 Å². The van der Waals surface area contributed by atoms with Crippen molar-refractivity contribution in [3.05, 3.63) is 107 Å². The van der Waals surface area contributed by atoms with E-state index in [1.54, 1.807) is 0 Å². The van der Waals surface area contributed by atoms with Crippen LogP contribution >= 0.6 is 0 Å². The van der Waals surface area contributed by atoms with Crippen LogP contribution in [0.1, 0.15) is 40.3 Å². The molecule has 0 saturated carbocycles. The van der Waals surface area contributed by atoms with Gasteiger partial charge in [-0.2, -0.15) is 5.26 Å². The Morgan fingerprint density at radius 2 is 1.62 bits per heavy atom. The number of aryl methyl sites for hydroxylation is 2. The summed E-state index contributed by atoms with van der Waals surface area (Å²) in [5.41, 5.74) is 6.84. The number of hydrogen-bond acceptors (Lipinski definition) is 3. The fourth-order valence-electron chi connectivity index (χ4n) is 3.42. The molecular formula is C29H29NO2. The molecule has 32 heavy (non-hydrogen) atoms. The van der Waals surface area contributed by atoms with Crippen molar-refractivity contribution in [2.75, 3.05) is 6.61 Å². The van der Waals surface area contributed by atoms with Crippen LogP contribution in [-0.4, -0.2) is 6.61 Å². The molecule has 0 fully saturated rings. The van der Waals surface area contributed by atoms with Crippen LogP contribution in [0.3, 0.4) is 0 Å². The molecule has 0 radical (unpaired) electrons. The van der Waals surface area contributed by atoms with Gasteiger partial charge < -0.3 is 9.47 Å². The predicted molar refractivity (Wildman–Crippen MR) is 132 cm³/mol. The summed E-state index contributed by atoms with van der Waals surface area (Å²) in [7, 11) is 0. The SMILES string of the molecule is C=CCc1cc(/C=C(/C#N)c2ccc(C)cc2)cc(OCC)c1OCc1ccc(C)cc1. The van der Waals surface area contributed by atoms with Crippen LogP contribution < -0.4 is 9.47 Å². The Kier molecular flexibility index (Phi) is 7.89. The lowest BCUT2D eigenvalue weighted by molar-refractivity contribution is 0.267. The van der Waals surface area contributed by atoms with Gasteiger partial charge in [0.05, 0.1) is 18.2 Å². The molecule has 0 bridgehead atoms. The maximum atomic E-state index is 9.75. The Hall–Kier alpha value is -3.77. The van der Waals surface area contributed by atoms with Crippen LogP contribution in [0.4, 0.5) is 0 Å². The molecule has 162 valence electrons. The summed E-state index contributed by atoms with van der Waals surface area (Å²) in [5, 5.41) is 9.75. The molecule has 3 aromatic rings. The van der Waals surface area contributed by atoms with Crippen LogP contribution in [0.2, 0.25) is 0 Å². The van der Waals surface area contributed by atoms with Crippen LogP contribution in [0, 0.1) is 25.2 Å². The first-order valence-corrected chi connectivity index (χ1v) is 10.8. The van der Waals surface area contributed by atoms with Gasteiger partial charge >= 0.3 is 0 Å². The van der Waals surface area contributed by atoms with E-state index in [1.807, 2.05) is 62.4 Å². The van der Waals surface area contributed by atoms with Crippen molar-refractivity contribution in [3.63, 3.8) is 0 Å². The molecule has 0 aliphatic heterocycles. The number of nitriles is 1. The third kappa shape index (κ3) is 5.89. The van der Waals surface area contributed by atoms with E-state index < -0.39 is 0 Å². The average Bonchev–Trinajstić information content (AvgIpc) is 2.79. The molecule has 0 atom stereocenters. The minimum absolute atomic E-state index is 0.451. The monoisotopic (exact) mass is 423 g/mol. The highest BCUT2D eigenvalue weighted by Crippen LogP contribution is 2.36. The Balaban J connectivity index is 1.99. The van der Waals surface area contributed by atoms with Crippen LogP contribution in [-0.2, 0) is 13.0 Å². The van der Waals surface area contributed by atoms with Gasteiger partial charge in [0.15, 0.2) is 11.5 Å². The molecule has 3 rings (SSSR count). The lowest BCUT2D eigenvalue weighted by Gasteiger charge is -2.17. The second kappa shape index (κ2) is 11.0. The van der Waals surface area contributed by atoms with E-state index >= 15 is 0 Å². The second-order valence-corrected chi connectivity index (χ2v) is 7.74. The summed E-state index contributed by atoms with van der Waals surface area (Å²) >= 11 is 0. The van der Waals surface area contributed by atoms with Gasteiger partial charge in [-0.3, -0.25) is 0 Å². The third-order valence-electron chi connectivity index (χ3n) is 5.12. The van der Waals surface area contributed by atoms with E-state index in [-0.39, 0.29) is 0 Å². The van der Waals surface area contributed by atoms with Crippen molar-refractivity contribution >= 4 is 11.6 Å². The number of benzene rings is 3. The number of nitrogens with zero attached hydrogens (tertiary/aromatic N) is 1. The minimum atomic E-state index is 0.451. The zero-order valence-corrected chi connectivity index (χ0v) is 19.0. The Morgan fingerprint density at radius 3 is 2.22 bits per heavy atom. The summed E-state index contributed by atoms with van der Waals surface area (Å²) in [6, 6.07) is 22.6. The van der Waals surface area contributed by atoms with E-state index in [0.29, 0.717) is 31.0 Å². The van der Waals surface area contributed by atoms with Crippen molar-refractivity contribution < 1.29 is 9.47 Å². The number of allylic oxidation sites excluding steroid dienone is 2. The zero-order chi connectivity index (χ0) is 22.9. The summed E-state index contributed by atoms with van der Waals surface area (Å²) in [6.45, 7) is 10.9. The fraction of sp³-hybridized carbons (Fsp3) is 0.207. The van der Waals surface area contributed by atoms with Crippen molar-refractivity contribution in [2.24, 2.45) is 0 Å². The van der Waals surface area contributed by atoms with Crippen LogP contribution in [0.5, 0.6) is 11.5 Å². The quantitative estimate of drug-likeness (QED) is 0.210. The molecule has 3 nitrogen and oxygen atoms in total. The van der Waals surface area contributed by atoms with E-state index in [1.165, 1.54) is 5.56 Å². The summed E-state index contributed by atoms with van der Waals surface area (Å²) in [6.07, 6.45) is 4.38. The maximum Gasteiger partial charge on any atom is 0.165 e. The first-order chi connectivity index (χ1) is 15.5. The molecule has 3 heteroatoms. The molecule has 0 N–H and O–H groups in total. The zero-order valence-electron chi connectivity index (χ0n) is 19.0. The highest BCUT2D eigenvalue weighted by Gasteiger charge is 2.14. The van der Waals surface area contributed by atoms with Gasteiger partial charge in [-0.05, 0) is 62.1 Å². The maximum absolute atomic E-state index is 9.75. The fourth-order valence-corrected chi connectivity index (χ4v) is 3.42. The number of rotatable bonds is 9. The molecule has 3 aromatic carbocycles. The Morgan fingerprint density at radius 1 is 0.969 bits per heavy atom. The molecule has 0 unspecified atom stereocenters. The van der Waals surface area contributed by atoms with Crippen LogP contribution in [0.15, 0.2) is 73.3 Å². The molecule has 0 aromatic heterocycles. The Labute approximate surface area is 191 Å². The Bertz CT molecular complexity index is 1130. The lowest BCUT2D eigenvalue weighted by atomic mass is 10.00. The summed E-state index contributed by atoms with van der Waals surface area (Å²) < 4.78 is 12.2. The molecular weight excluding hydrogens is 394 g/mol. The van der Waals surface area contributed by atoms with Crippen molar-refractivity contribution in [1.82, 2.24) is 0 Å². The first kappa shape index (κ1) is 22.9. The summed E-state index contributed by atoms with van der Waals surface area (Å²) in [4.78, 5) is 0. The second-order valence-electron chi connectivity index (χ2n) is 7.74. The van der Waals surface area contributed by atoms with Gasteiger partial charge in [0, 0.05) is 5.56 Å². The first-order valence-electron chi connectivity index (χ1n) is 10.8. The van der Waals surface area contributed by atoms with E-state index in [4.69, 9.17) is 9.47 Å². The number of ether oxygens (including phenoxy) is 2. The molecule has 0 spiro atoms. The highest BCUT2D eigenvalue weighted by atomic mass is 16.5. The van der Waals surface area contributed by atoms with E-state index in [2.05, 4.69) is 43.8 Å². The topological polar surface area (TPSA) is 42.2 Å². The molecule has 0 heterocycles. The molecule has 0 amide bonds. The van der Waals surface area contributed by atoms with E-state index in [9.17, 15) is 5.26 Å². The van der Waals surface area contributed by atoms with Gasteiger partial charge in [-0.25, -0.2) is 0 Å². The molecule has 0 saturated heterocycles. The lowest BCUT2D eigenvalue weighted by Crippen LogP contribution is -2.03. The van der Waals surface area contributed by atoms with Crippen LogP contribution in [0.25, 0.3) is 11.6 Å². The van der Waals surface area contributed by atoms with Crippen molar-refractivity contribution in [1.29, 1.82) is 5.26 Å². The normalized spacial score (nSPS) is 11.0.